The third-order valence-corrected chi connectivity index (χ3v) is 12.4. The maximum Gasteiger partial charge on any atom is 0.0754 e. The fourth-order valence-electron chi connectivity index (χ4n) is 10.0. The largest absolute Gasteiger partial charge is 0.311 e. The minimum atomic E-state index is -0.443. The van der Waals surface area contributed by atoms with E-state index in [0.29, 0.717) is 0 Å². The Bertz CT molecular complexity index is 3160. The summed E-state index contributed by atoms with van der Waals surface area (Å²) < 4.78 is 2.51. The third kappa shape index (κ3) is 4.53. The number of fused-ring (bicyclic) bond motifs is 12. The molecule has 1 aromatic heterocycles. The molecule has 0 saturated carbocycles. The van der Waals surface area contributed by atoms with E-state index in [1.807, 2.05) is 0 Å². The van der Waals surface area contributed by atoms with Crippen LogP contribution in [-0.2, 0) is 5.41 Å². The molecule has 266 valence electrons. The van der Waals surface area contributed by atoms with Crippen molar-refractivity contribution in [2.45, 2.75) is 5.41 Å². The van der Waals surface area contributed by atoms with Gasteiger partial charge in [0.1, 0.15) is 0 Å². The van der Waals surface area contributed by atoms with E-state index in [9.17, 15) is 0 Å². The summed E-state index contributed by atoms with van der Waals surface area (Å²) in [6.45, 7) is 0. The lowest BCUT2D eigenvalue weighted by atomic mass is 9.65. The second-order valence-corrected chi connectivity index (χ2v) is 15.3. The SMILES string of the molecule is c1ccc(-c2ccc(N(c3ccccc3)c3ccc(-c4ccc5c(c4)-c4ccccc4C54c5ccccc5-n5c6ccccc6c6cccc4c65)cc3)cc2)cc1. The smallest absolute Gasteiger partial charge is 0.0754 e. The zero-order chi connectivity index (χ0) is 37.5. The highest BCUT2D eigenvalue weighted by Gasteiger charge is 2.50. The number of benzene rings is 9. The van der Waals surface area contributed by atoms with Gasteiger partial charge < -0.3 is 9.47 Å². The summed E-state index contributed by atoms with van der Waals surface area (Å²) in [7, 11) is 0. The topological polar surface area (TPSA) is 8.17 Å². The first-order chi connectivity index (χ1) is 28.3. The summed E-state index contributed by atoms with van der Waals surface area (Å²) in [6, 6.07) is 80.3. The molecule has 2 aliphatic rings. The quantitative estimate of drug-likeness (QED) is 0.172. The van der Waals surface area contributed by atoms with Crippen LogP contribution in [0.15, 0.2) is 218 Å². The predicted molar refractivity (Wildman–Crippen MR) is 237 cm³/mol. The van der Waals surface area contributed by atoms with E-state index in [-0.39, 0.29) is 0 Å². The second kappa shape index (κ2) is 12.3. The van der Waals surface area contributed by atoms with E-state index in [1.54, 1.807) is 0 Å². The van der Waals surface area contributed by atoms with E-state index in [4.69, 9.17) is 0 Å². The Morgan fingerprint density at radius 2 is 0.860 bits per heavy atom. The third-order valence-electron chi connectivity index (χ3n) is 12.4. The molecular weight excluding hydrogens is 689 g/mol. The van der Waals surface area contributed by atoms with Gasteiger partial charge in [0.25, 0.3) is 0 Å². The molecule has 0 N–H and O–H groups in total. The lowest BCUT2D eigenvalue weighted by molar-refractivity contribution is 0.748. The molecule has 0 saturated heterocycles. The highest BCUT2D eigenvalue weighted by atomic mass is 15.1. The number of para-hydroxylation sites is 4. The molecule has 2 nitrogen and oxygen atoms in total. The number of rotatable bonds is 5. The highest BCUT2D eigenvalue weighted by molar-refractivity contribution is 6.12. The van der Waals surface area contributed by atoms with E-state index in [1.165, 1.54) is 83.1 Å². The minimum Gasteiger partial charge on any atom is -0.311 e. The minimum absolute atomic E-state index is 0.443. The van der Waals surface area contributed by atoms with Gasteiger partial charge in [-0.05, 0) is 110 Å². The van der Waals surface area contributed by atoms with Gasteiger partial charge in [-0.25, -0.2) is 0 Å². The number of hydrogen-bond acceptors (Lipinski definition) is 1. The molecule has 12 rings (SSSR count). The molecule has 1 aliphatic heterocycles. The van der Waals surface area contributed by atoms with Crippen molar-refractivity contribution in [1.82, 2.24) is 4.57 Å². The van der Waals surface area contributed by atoms with Gasteiger partial charge in [0, 0.05) is 27.8 Å². The Labute approximate surface area is 332 Å². The monoisotopic (exact) mass is 724 g/mol. The van der Waals surface area contributed by atoms with Crippen LogP contribution in [0.5, 0.6) is 0 Å². The van der Waals surface area contributed by atoms with Crippen LogP contribution in [0.2, 0.25) is 0 Å². The Balaban J connectivity index is 0.994. The summed E-state index contributed by atoms with van der Waals surface area (Å²) in [5, 5.41) is 2.60. The van der Waals surface area contributed by atoms with Crippen molar-refractivity contribution in [3.05, 3.63) is 241 Å². The summed E-state index contributed by atoms with van der Waals surface area (Å²) in [4.78, 5) is 2.33. The van der Waals surface area contributed by atoms with E-state index < -0.39 is 5.41 Å². The molecular formula is C55H36N2. The van der Waals surface area contributed by atoms with Gasteiger partial charge in [0.2, 0.25) is 0 Å². The normalized spacial score (nSPS) is 14.7. The van der Waals surface area contributed by atoms with Crippen molar-refractivity contribution in [2.75, 3.05) is 4.90 Å². The molecule has 0 radical (unpaired) electrons. The van der Waals surface area contributed by atoms with E-state index in [0.717, 1.165) is 17.1 Å². The molecule has 2 heterocycles. The fraction of sp³-hybridized carbons (Fsp3) is 0.0182. The number of nitrogens with zero attached hydrogens (tertiary/aromatic N) is 2. The predicted octanol–water partition coefficient (Wildman–Crippen LogP) is 14.3. The molecule has 0 bridgehead atoms. The van der Waals surface area contributed by atoms with Gasteiger partial charge in [-0.15, -0.1) is 0 Å². The van der Waals surface area contributed by atoms with Crippen LogP contribution in [0.1, 0.15) is 22.3 Å². The van der Waals surface area contributed by atoms with Crippen LogP contribution in [0.4, 0.5) is 17.1 Å². The molecule has 10 aromatic rings. The summed E-state index contributed by atoms with van der Waals surface area (Å²) in [6.07, 6.45) is 0. The van der Waals surface area contributed by atoms with Crippen LogP contribution in [0.3, 0.4) is 0 Å². The van der Waals surface area contributed by atoms with Crippen LogP contribution >= 0.6 is 0 Å². The average Bonchev–Trinajstić information content (AvgIpc) is 3.78. The van der Waals surface area contributed by atoms with Gasteiger partial charge in [-0.3, -0.25) is 0 Å². The zero-order valence-corrected chi connectivity index (χ0v) is 31.2. The lowest BCUT2D eigenvalue weighted by Gasteiger charge is -2.39. The van der Waals surface area contributed by atoms with Gasteiger partial charge >= 0.3 is 0 Å². The summed E-state index contributed by atoms with van der Waals surface area (Å²) in [5.74, 6) is 0. The molecule has 1 unspecified atom stereocenters. The van der Waals surface area contributed by atoms with Crippen molar-refractivity contribution in [2.24, 2.45) is 0 Å². The van der Waals surface area contributed by atoms with Gasteiger partial charge in [-0.2, -0.15) is 0 Å². The van der Waals surface area contributed by atoms with Crippen molar-refractivity contribution in [1.29, 1.82) is 0 Å². The molecule has 57 heavy (non-hydrogen) atoms. The maximum atomic E-state index is 2.51. The highest BCUT2D eigenvalue weighted by Crippen LogP contribution is 2.61. The first-order valence-corrected chi connectivity index (χ1v) is 19.8. The maximum absolute atomic E-state index is 2.51. The van der Waals surface area contributed by atoms with Crippen molar-refractivity contribution < 1.29 is 0 Å². The first-order valence-electron chi connectivity index (χ1n) is 19.8. The number of anilines is 3. The molecule has 1 atom stereocenters. The van der Waals surface area contributed by atoms with E-state index >= 15 is 0 Å². The van der Waals surface area contributed by atoms with Crippen LogP contribution in [-0.4, -0.2) is 4.57 Å². The van der Waals surface area contributed by atoms with Crippen LogP contribution in [0.25, 0.3) is 60.9 Å². The van der Waals surface area contributed by atoms with Crippen LogP contribution < -0.4 is 4.90 Å². The van der Waals surface area contributed by atoms with Crippen molar-refractivity contribution >= 4 is 38.9 Å². The van der Waals surface area contributed by atoms with Gasteiger partial charge in [0.15, 0.2) is 0 Å². The molecule has 0 amide bonds. The van der Waals surface area contributed by atoms with Gasteiger partial charge in [0.05, 0.1) is 22.1 Å². The Morgan fingerprint density at radius 1 is 0.333 bits per heavy atom. The Morgan fingerprint density at radius 3 is 1.63 bits per heavy atom. The Kier molecular flexibility index (Phi) is 6.88. The summed E-state index contributed by atoms with van der Waals surface area (Å²) >= 11 is 0. The average molecular weight is 725 g/mol. The summed E-state index contributed by atoms with van der Waals surface area (Å²) in [5.41, 5.74) is 19.5. The molecule has 1 spiro atoms. The van der Waals surface area contributed by atoms with E-state index in [2.05, 4.69) is 228 Å². The number of aromatic nitrogens is 1. The lowest BCUT2D eigenvalue weighted by Crippen LogP contribution is -2.33. The molecule has 1 aliphatic carbocycles. The van der Waals surface area contributed by atoms with Crippen molar-refractivity contribution in [3.8, 4) is 39.1 Å². The zero-order valence-electron chi connectivity index (χ0n) is 31.2. The molecule has 9 aromatic carbocycles. The first kappa shape index (κ1) is 31.9. The fourth-order valence-corrected chi connectivity index (χ4v) is 10.0. The van der Waals surface area contributed by atoms with Crippen LogP contribution in [0, 0.1) is 0 Å². The Hall–Kier alpha value is -7.42. The standard InChI is InChI=1S/C55H36N2/c1-3-14-37(15-4-1)38-26-31-42(32-27-38)56(41-16-5-2-6-17-41)43-33-28-39(29-34-43)40-30-35-49-47(36-40)44-18-7-9-21-48(44)55(49)50-22-10-12-25-53(50)57-52-24-11-8-19-45(52)46-20-13-23-51(55)54(46)57/h1-36H. The van der Waals surface area contributed by atoms with Gasteiger partial charge in [-0.1, -0.05) is 164 Å². The second-order valence-electron chi connectivity index (χ2n) is 15.3. The number of hydrogen-bond donors (Lipinski definition) is 0. The molecule has 2 heteroatoms. The molecule has 0 fully saturated rings. The van der Waals surface area contributed by atoms with Crippen molar-refractivity contribution in [3.63, 3.8) is 0 Å².